The number of benzene rings is 2. The number of carbonyl (C=O) groups excluding carboxylic acids is 1. The lowest BCUT2D eigenvalue weighted by molar-refractivity contribution is 0.0956. The highest BCUT2D eigenvalue weighted by Crippen LogP contribution is 2.20. The molecule has 0 heterocycles. The van der Waals surface area contributed by atoms with Crippen LogP contribution < -0.4 is 9.62 Å². The van der Waals surface area contributed by atoms with Gasteiger partial charge in [0.15, 0.2) is 0 Å². The summed E-state index contributed by atoms with van der Waals surface area (Å²) < 4.78 is 24.2. The second-order valence-electron chi connectivity index (χ2n) is 5.34. The molecule has 8 heteroatoms. The third-order valence-corrected chi connectivity index (χ3v) is 5.93. The van der Waals surface area contributed by atoms with Crippen molar-refractivity contribution in [1.29, 1.82) is 0 Å². The maximum atomic E-state index is 12.1. The summed E-state index contributed by atoms with van der Waals surface area (Å²) in [6.45, 7) is 0.525. The van der Waals surface area contributed by atoms with Gasteiger partial charge in [0.25, 0.3) is 5.91 Å². The number of sulfonamides is 1. The number of thioether (sulfide) groups is 1. The normalized spacial score (nSPS) is 11.2. The maximum absolute atomic E-state index is 12.1. The van der Waals surface area contributed by atoms with E-state index in [1.165, 1.54) is 7.05 Å². The zero-order chi connectivity index (χ0) is 18.4. The minimum atomic E-state index is -3.31. The smallest absolute Gasteiger partial charge is 0.251 e. The fraction of sp³-hybridized carbons (Fsp3) is 0.235. The molecule has 5 nitrogen and oxygen atoms in total. The minimum Gasteiger partial charge on any atom is -0.351 e. The van der Waals surface area contributed by atoms with Crippen molar-refractivity contribution >= 4 is 45.0 Å². The molecule has 0 aliphatic carbocycles. The molecule has 0 fully saturated rings. The van der Waals surface area contributed by atoms with Gasteiger partial charge in [0.2, 0.25) is 10.0 Å². The SMILES string of the molecule is CN(c1ccc(C(=O)NCCSc2ccc(Cl)cc2)cc1)S(C)(=O)=O. The molecule has 0 saturated carbocycles. The third kappa shape index (κ3) is 5.95. The van der Waals surface area contributed by atoms with Gasteiger partial charge in [0.1, 0.15) is 0 Å². The standard InChI is InChI=1S/C17H19ClN2O3S2/c1-20(25(2,22)23)15-7-3-13(4-8-15)17(21)19-11-12-24-16-9-5-14(18)6-10-16/h3-10H,11-12H2,1-2H3,(H,19,21). The van der Waals surface area contributed by atoms with E-state index in [1.807, 2.05) is 24.3 Å². The van der Waals surface area contributed by atoms with Crippen molar-refractivity contribution in [3.63, 3.8) is 0 Å². The van der Waals surface area contributed by atoms with Gasteiger partial charge < -0.3 is 5.32 Å². The van der Waals surface area contributed by atoms with Crippen LogP contribution in [0.3, 0.4) is 0 Å². The summed E-state index contributed by atoms with van der Waals surface area (Å²) in [5.41, 5.74) is 1.000. The van der Waals surface area contributed by atoms with Crippen molar-refractivity contribution in [2.75, 3.05) is 29.9 Å². The molecule has 2 aromatic carbocycles. The highest BCUT2D eigenvalue weighted by atomic mass is 35.5. The van der Waals surface area contributed by atoms with Gasteiger partial charge in [0.05, 0.1) is 11.9 Å². The zero-order valence-corrected chi connectivity index (χ0v) is 16.3. The van der Waals surface area contributed by atoms with E-state index >= 15 is 0 Å². The molecule has 25 heavy (non-hydrogen) atoms. The average Bonchev–Trinajstić information content (AvgIpc) is 2.58. The van der Waals surface area contributed by atoms with Gasteiger partial charge in [-0.25, -0.2) is 8.42 Å². The largest absolute Gasteiger partial charge is 0.351 e. The topological polar surface area (TPSA) is 66.5 Å². The first-order valence-corrected chi connectivity index (χ1v) is 10.7. The van der Waals surface area contributed by atoms with E-state index in [0.29, 0.717) is 22.8 Å². The van der Waals surface area contributed by atoms with Crippen molar-refractivity contribution in [3.8, 4) is 0 Å². The number of nitrogens with one attached hydrogen (secondary N) is 1. The van der Waals surface area contributed by atoms with Gasteiger partial charge in [-0.05, 0) is 48.5 Å². The molecule has 2 rings (SSSR count). The highest BCUT2D eigenvalue weighted by Gasteiger charge is 2.12. The van der Waals surface area contributed by atoms with E-state index < -0.39 is 10.0 Å². The summed E-state index contributed by atoms with van der Waals surface area (Å²) in [5, 5.41) is 3.54. The molecule has 0 radical (unpaired) electrons. The number of hydrogen-bond acceptors (Lipinski definition) is 4. The Balaban J connectivity index is 1.83. The molecule has 0 atom stereocenters. The van der Waals surface area contributed by atoms with E-state index in [-0.39, 0.29) is 5.91 Å². The van der Waals surface area contributed by atoms with Gasteiger partial charge in [-0.1, -0.05) is 11.6 Å². The first-order chi connectivity index (χ1) is 11.8. The minimum absolute atomic E-state index is 0.190. The van der Waals surface area contributed by atoms with Crippen LogP contribution in [0.15, 0.2) is 53.4 Å². The molecule has 0 spiro atoms. The van der Waals surface area contributed by atoms with Crippen molar-refractivity contribution in [1.82, 2.24) is 5.32 Å². The van der Waals surface area contributed by atoms with Crippen molar-refractivity contribution in [3.05, 3.63) is 59.1 Å². The van der Waals surface area contributed by atoms with Crippen LogP contribution in [0.4, 0.5) is 5.69 Å². The molecular formula is C17H19ClN2O3S2. The van der Waals surface area contributed by atoms with Crippen molar-refractivity contribution in [2.24, 2.45) is 0 Å². The second kappa shape index (κ2) is 8.60. The molecule has 0 aromatic heterocycles. The summed E-state index contributed by atoms with van der Waals surface area (Å²) in [4.78, 5) is 13.2. The van der Waals surface area contributed by atoms with E-state index in [0.717, 1.165) is 21.2 Å². The van der Waals surface area contributed by atoms with Crippen LogP contribution in [0.2, 0.25) is 5.02 Å². The van der Waals surface area contributed by atoms with Crippen LogP contribution in [-0.2, 0) is 10.0 Å². The van der Waals surface area contributed by atoms with Crippen LogP contribution in [0.25, 0.3) is 0 Å². The number of halogens is 1. The first-order valence-electron chi connectivity index (χ1n) is 7.48. The number of nitrogens with zero attached hydrogens (tertiary/aromatic N) is 1. The number of amides is 1. The van der Waals surface area contributed by atoms with Gasteiger partial charge >= 0.3 is 0 Å². The lowest BCUT2D eigenvalue weighted by Gasteiger charge is -2.16. The van der Waals surface area contributed by atoms with Crippen LogP contribution in [0, 0.1) is 0 Å². The number of hydrogen-bond donors (Lipinski definition) is 1. The Morgan fingerprint density at radius 1 is 1.12 bits per heavy atom. The molecular weight excluding hydrogens is 380 g/mol. The Morgan fingerprint density at radius 3 is 2.28 bits per heavy atom. The first kappa shape index (κ1) is 19.6. The van der Waals surface area contributed by atoms with Gasteiger partial charge in [-0.3, -0.25) is 9.10 Å². The second-order valence-corrected chi connectivity index (χ2v) is 8.95. The molecule has 1 N–H and O–H groups in total. The summed E-state index contributed by atoms with van der Waals surface area (Å²) in [7, 11) is -1.84. The van der Waals surface area contributed by atoms with Crippen LogP contribution in [0.5, 0.6) is 0 Å². The van der Waals surface area contributed by atoms with E-state index in [4.69, 9.17) is 11.6 Å². The quantitative estimate of drug-likeness (QED) is 0.574. The van der Waals surface area contributed by atoms with Crippen molar-refractivity contribution < 1.29 is 13.2 Å². The summed E-state index contributed by atoms with van der Waals surface area (Å²) >= 11 is 7.46. The van der Waals surface area contributed by atoms with E-state index in [1.54, 1.807) is 36.0 Å². The van der Waals surface area contributed by atoms with Crippen molar-refractivity contribution in [2.45, 2.75) is 4.90 Å². The van der Waals surface area contributed by atoms with Gasteiger partial charge in [-0.2, -0.15) is 0 Å². The van der Waals surface area contributed by atoms with Crippen LogP contribution in [-0.4, -0.2) is 39.9 Å². The predicted molar refractivity (Wildman–Crippen MR) is 104 cm³/mol. The molecule has 0 saturated heterocycles. The van der Waals surface area contributed by atoms with Gasteiger partial charge in [-0.15, -0.1) is 11.8 Å². The Bertz CT molecular complexity index is 822. The lowest BCUT2D eigenvalue weighted by atomic mass is 10.2. The van der Waals surface area contributed by atoms with Crippen LogP contribution in [0.1, 0.15) is 10.4 Å². The summed E-state index contributed by atoms with van der Waals surface area (Å²) in [6, 6.07) is 14.0. The Kier molecular flexibility index (Phi) is 6.75. The van der Waals surface area contributed by atoms with Gasteiger partial charge in [0, 0.05) is 34.8 Å². The lowest BCUT2D eigenvalue weighted by Crippen LogP contribution is -2.26. The van der Waals surface area contributed by atoms with E-state index in [2.05, 4.69) is 5.32 Å². The fourth-order valence-electron chi connectivity index (χ4n) is 1.98. The Labute approximate surface area is 157 Å². The number of carbonyl (C=O) groups is 1. The molecule has 134 valence electrons. The Morgan fingerprint density at radius 2 is 1.72 bits per heavy atom. The maximum Gasteiger partial charge on any atom is 0.251 e. The highest BCUT2D eigenvalue weighted by molar-refractivity contribution is 7.99. The Hall–Kier alpha value is -1.70. The fourth-order valence-corrected chi connectivity index (χ4v) is 3.38. The number of anilines is 1. The molecule has 1 amide bonds. The molecule has 0 bridgehead atoms. The predicted octanol–water partition coefficient (Wildman–Crippen LogP) is 3.26. The zero-order valence-electron chi connectivity index (χ0n) is 13.9. The molecule has 0 unspecified atom stereocenters. The monoisotopic (exact) mass is 398 g/mol. The van der Waals surface area contributed by atoms with E-state index in [9.17, 15) is 13.2 Å². The third-order valence-electron chi connectivity index (χ3n) is 3.46. The summed E-state index contributed by atoms with van der Waals surface area (Å²) in [5.74, 6) is 0.549. The average molecular weight is 399 g/mol. The summed E-state index contributed by atoms with van der Waals surface area (Å²) in [6.07, 6.45) is 1.13. The molecule has 0 aliphatic rings. The van der Waals surface area contributed by atoms with Crippen LogP contribution >= 0.6 is 23.4 Å². The molecule has 2 aromatic rings. The molecule has 0 aliphatic heterocycles. The number of rotatable bonds is 7.